The quantitative estimate of drug-likeness (QED) is 0.792. The summed E-state index contributed by atoms with van der Waals surface area (Å²) < 4.78 is 5.93. The Hall–Kier alpha value is -1.22. The van der Waals surface area contributed by atoms with E-state index in [9.17, 15) is 0 Å². The van der Waals surface area contributed by atoms with Gasteiger partial charge in [-0.25, -0.2) is 0 Å². The highest BCUT2D eigenvalue weighted by Gasteiger charge is 2.13. The van der Waals surface area contributed by atoms with Gasteiger partial charge in [-0.15, -0.1) is 0 Å². The van der Waals surface area contributed by atoms with Crippen molar-refractivity contribution in [1.82, 2.24) is 5.32 Å². The van der Waals surface area contributed by atoms with Gasteiger partial charge in [0.2, 0.25) is 0 Å². The number of nitrogens with one attached hydrogen (secondary N) is 1. The molecule has 0 amide bonds. The van der Waals surface area contributed by atoms with E-state index in [4.69, 9.17) is 27.9 Å². The van der Waals surface area contributed by atoms with E-state index in [1.807, 2.05) is 36.4 Å². The minimum atomic E-state index is 0.203. The third-order valence-corrected chi connectivity index (χ3v) is 3.83. The Morgan fingerprint density at radius 1 is 1.05 bits per heavy atom. The topological polar surface area (TPSA) is 21.3 Å². The first-order valence-corrected chi connectivity index (χ1v) is 7.33. The molecule has 0 fully saturated rings. The SMILES string of the molecule is CCNC(C)c1ccccc1Oc1cccc(Cl)c1Cl. The van der Waals surface area contributed by atoms with Crippen LogP contribution in [0.3, 0.4) is 0 Å². The maximum atomic E-state index is 6.16. The summed E-state index contributed by atoms with van der Waals surface area (Å²) in [5.74, 6) is 1.35. The van der Waals surface area contributed by atoms with Crippen molar-refractivity contribution in [2.45, 2.75) is 19.9 Å². The molecular formula is C16H17Cl2NO. The molecule has 1 N–H and O–H groups in total. The molecule has 0 aliphatic rings. The van der Waals surface area contributed by atoms with Gasteiger partial charge in [-0.2, -0.15) is 0 Å². The Kier molecular flexibility index (Phi) is 5.30. The van der Waals surface area contributed by atoms with Crippen LogP contribution in [0.15, 0.2) is 42.5 Å². The standard InChI is InChI=1S/C16H17Cl2NO/c1-3-19-11(2)12-7-4-5-9-14(12)20-15-10-6-8-13(17)16(15)18/h4-11,19H,3H2,1-2H3. The molecule has 0 aliphatic heterocycles. The van der Waals surface area contributed by atoms with E-state index in [0.29, 0.717) is 15.8 Å². The van der Waals surface area contributed by atoms with Crippen molar-refractivity contribution in [3.63, 3.8) is 0 Å². The van der Waals surface area contributed by atoms with E-state index in [1.165, 1.54) is 0 Å². The van der Waals surface area contributed by atoms with Gasteiger partial charge in [0.15, 0.2) is 0 Å². The number of hydrogen-bond donors (Lipinski definition) is 1. The molecule has 1 unspecified atom stereocenters. The third kappa shape index (κ3) is 3.45. The van der Waals surface area contributed by atoms with Gasteiger partial charge in [-0.05, 0) is 31.7 Å². The smallest absolute Gasteiger partial charge is 0.147 e. The summed E-state index contributed by atoms with van der Waals surface area (Å²) in [7, 11) is 0. The zero-order chi connectivity index (χ0) is 14.5. The minimum absolute atomic E-state index is 0.203. The summed E-state index contributed by atoms with van der Waals surface area (Å²) in [6, 6.07) is 13.5. The largest absolute Gasteiger partial charge is 0.455 e. The highest BCUT2D eigenvalue weighted by atomic mass is 35.5. The second-order valence-electron chi connectivity index (χ2n) is 4.47. The normalized spacial score (nSPS) is 12.2. The lowest BCUT2D eigenvalue weighted by molar-refractivity contribution is 0.463. The Morgan fingerprint density at radius 2 is 1.75 bits per heavy atom. The van der Waals surface area contributed by atoms with Gasteiger partial charge >= 0.3 is 0 Å². The first-order valence-electron chi connectivity index (χ1n) is 6.57. The summed E-state index contributed by atoms with van der Waals surface area (Å²) in [6.45, 7) is 5.08. The van der Waals surface area contributed by atoms with Crippen LogP contribution < -0.4 is 10.1 Å². The molecule has 2 aromatic carbocycles. The second kappa shape index (κ2) is 6.98. The predicted octanol–water partition coefficient (Wildman–Crippen LogP) is 5.46. The van der Waals surface area contributed by atoms with Gasteiger partial charge in [0.1, 0.15) is 16.5 Å². The van der Waals surface area contributed by atoms with Gasteiger partial charge in [0, 0.05) is 11.6 Å². The van der Waals surface area contributed by atoms with E-state index >= 15 is 0 Å². The lowest BCUT2D eigenvalue weighted by Crippen LogP contribution is -2.18. The first kappa shape index (κ1) is 15.2. The van der Waals surface area contributed by atoms with E-state index in [2.05, 4.69) is 19.2 Å². The lowest BCUT2D eigenvalue weighted by atomic mass is 10.1. The average Bonchev–Trinajstić information content (AvgIpc) is 2.45. The first-order chi connectivity index (χ1) is 9.63. The number of ether oxygens (including phenoxy) is 1. The van der Waals surface area contributed by atoms with Gasteiger partial charge in [0.05, 0.1) is 5.02 Å². The molecule has 2 rings (SSSR count). The minimum Gasteiger partial charge on any atom is -0.455 e. The summed E-state index contributed by atoms with van der Waals surface area (Å²) >= 11 is 12.2. The van der Waals surface area contributed by atoms with E-state index in [-0.39, 0.29) is 6.04 Å². The summed E-state index contributed by atoms with van der Waals surface area (Å²) in [6.07, 6.45) is 0. The van der Waals surface area contributed by atoms with E-state index < -0.39 is 0 Å². The number of hydrogen-bond acceptors (Lipinski definition) is 2. The van der Waals surface area contributed by atoms with Crippen molar-refractivity contribution < 1.29 is 4.74 Å². The molecule has 0 saturated heterocycles. The van der Waals surface area contributed by atoms with Crippen LogP contribution in [0.4, 0.5) is 0 Å². The molecule has 2 aromatic rings. The molecule has 2 nitrogen and oxygen atoms in total. The lowest BCUT2D eigenvalue weighted by Gasteiger charge is -2.18. The van der Waals surface area contributed by atoms with Crippen molar-refractivity contribution in [2.24, 2.45) is 0 Å². The van der Waals surface area contributed by atoms with Crippen LogP contribution in [0.2, 0.25) is 10.0 Å². The molecule has 0 spiro atoms. The molecule has 20 heavy (non-hydrogen) atoms. The molecule has 0 heterocycles. The third-order valence-electron chi connectivity index (χ3n) is 3.03. The zero-order valence-electron chi connectivity index (χ0n) is 11.5. The summed E-state index contributed by atoms with van der Waals surface area (Å²) in [4.78, 5) is 0. The van der Waals surface area contributed by atoms with Crippen LogP contribution >= 0.6 is 23.2 Å². The van der Waals surface area contributed by atoms with Crippen molar-refractivity contribution in [2.75, 3.05) is 6.54 Å². The van der Waals surface area contributed by atoms with Crippen LogP contribution in [-0.2, 0) is 0 Å². The Bertz CT molecular complexity index is 586. The fourth-order valence-electron chi connectivity index (χ4n) is 2.03. The van der Waals surface area contributed by atoms with Gasteiger partial charge < -0.3 is 10.1 Å². The molecule has 4 heteroatoms. The van der Waals surface area contributed by atoms with Crippen LogP contribution in [0.5, 0.6) is 11.5 Å². The number of rotatable bonds is 5. The Balaban J connectivity index is 2.32. The molecule has 0 saturated carbocycles. The molecule has 0 bridgehead atoms. The second-order valence-corrected chi connectivity index (χ2v) is 5.26. The Labute approximate surface area is 129 Å². The number of para-hydroxylation sites is 1. The maximum Gasteiger partial charge on any atom is 0.147 e. The Morgan fingerprint density at radius 3 is 2.50 bits per heavy atom. The fraction of sp³-hybridized carbons (Fsp3) is 0.250. The van der Waals surface area contributed by atoms with Gasteiger partial charge in [-0.3, -0.25) is 0 Å². The number of halogens is 2. The van der Waals surface area contributed by atoms with E-state index in [0.717, 1.165) is 17.9 Å². The highest BCUT2D eigenvalue weighted by Crippen LogP contribution is 2.36. The van der Waals surface area contributed by atoms with Crippen LogP contribution in [-0.4, -0.2) is 6.54 Å². The zero-order valence-corrected chi connectivity index (χ0v) is 13.0. The van der Waals surface area contributed by atoms with Crippen molar-refractivity contribution in [1.29, 1.82) is 0 Å². The van der Waals surface area contributed by atoms with Crippen LogP contribution in [0.1, 0.15) is 25.5 Å². The average molecular weight is 310 g/mol. The van der Waals surface area contributed by atoms with Crippen molar-refractivity contribution in [3.8, 4) is 11.5 Å². The molecule has 0 aliphatic carbocycles. The number of benzene rings is 2. The summed E-state index contributed by atoms with van der Waals surface area (Å²) in [5, 5.41) is 4.29. The molecule has 0 radical (unpaired) electrons. The van der Waals surface area contributed by atoms with E-state index in [1.54, 1.807) is 6.07 Å². The maximum absolute atomic E-state index is 6.16. The predicted molar refractivity (Wildman–Crippen MR) is 85.1 cm³/mol. The molecule has 106 valence electrons. The highest BCUT2D eigenvalue weighted by molar-refractivity contribution is 6.42. The van der Waals surface area contributed by atoms with Crippen molar-refractivity contribution in [3.05, 3.63) is 58.1 Å². The molecule has 0 aromatic heterocycles. The monoisotopic (exact) mass is 309 g/mol. The summed E-state index contributed by atoms with van der Waals surface area (Å²) in [5.41, 5.74) is 1.09. The van der Waals surface area contributed by atoms with Gasteiger partial charge in [-0.1, -0.05) is 54.4 Å². The molecule has 1 atom stereocenters. The van der Waals surface area contributed by atoms with Gasteiger partial charge in [0.25, 0.3) is 0 Å². The fourth-order valence-corrected chi connectivity index (χ4v) is 2.36. The molecular weight excluding hydrogens is 293 g/mol. The van der Waals surface area contributed by atoms with Crippen LogP contribution in [0.25, 0.3) is 0 Å². The van der Waals surface area contributed by atoms with Crippen LogP contribution in [0, 0.1) is 0 Å². The van der Waals surface area contributed by atoms with Crippen molar-refractivity contribution >= 4 is 23.2 Å².